The van der Waals surface area contributed by atoms with Crippen molar-refractivity contribution in [3.63, 3.8) is 0 Å². The van der Waals surface area contributed by atoms with Crippen molar-refractivity contribution in [3.05, 3.63) is 35.1 Å². The molecule has 2 aliphatic carbocycles. The number of esters is 1. The van der Waals surface area contributed by atoms with Gasteiger partial charge < -0.3 is 10.1 Å². The van der Waals surface area contributed by atoms with Crippen LogP contribution in [0, 0.1) is 11.2 Å². The second kappa shape index (κ2) is 5.13. The molecule has 0 bridgehead atoms. The van der Waals surface area contributed by atoms with Crippen molar-refractivity contribution < 1.29 is 18.7 Å². The Bertz CT molecular complexity index is 595. The number of ether oxygens (including phenoxy) is 1. The zero-order valence-corrected chi connectivity index (χ0v) is 11.9. The molecule has 21 heavy (non-hydrogen) atoms. The molecule has 1 N–H and O–H groups in total. The molecule has 0 heterocycles. The van der Waals surface area contributed by atoms with Crippen LogP contribution in [-0.2, 0) is 20.7 Å². The average molecular weight is 291 g/mol. The van der Waals surface area contributed by atoms with Gasteiger partial charge in [-0.05, 0) is 49.8 Å². The molecule has 1 aromatic rings. The smallest absolute Gasteiger partial charge is 0.321 e. The van der Waals surface area contributed by atoms with Gasteiger partial charge in [-0.1, -0.05) is 12.1 Å². The monoisotopic (exact) mass is 291 g/mol. The Labute approximate surface area is 122 Å². The number of carbonyl (C=O) groups excluding carboxylic acids is 2. The summed E-state index contributed by atoms with van der Waals surface area (Å²) in [6, 6.07) is 4.70. The predicted octanol–water partition coefficient (Wildman–Crippen LogP) is 2.27. The normalized spacial score (nSPS) is 21.5. The fourth-order valence-electron chi connectivity index (χ4n) is 2.97. The highest BCUT2D eigenvalue weighted by Gasteiger charge is 2.58. The number of halogens is 1. The standard InChI is InChI=1S/C16H18FNO3/c1-2-21-15(20)16(8-9-16)14(19)18-13-7-6-10-11(13)4-3-5-12(10)17/h3-5,13H,2,6-9H2,1H3,(H,18,19)/t13-/m1/s1. The van der Waals surface area contributed by atoms with E-state index in [9.17, 15) is 14.0 Å². The first-order valence-corrected chi connectivity index (χ1v) is 7.34. The van der Waals surface area contributed by atoms with E-state index in [4.69, 9.17) is 4.74 Å². The van der Waals surface area contributed by atoms with Gasteiger partial charge in [0.15, 0.2) is 0 Å². The fourth-order valence-corrected chi connectivity index (χ4v) is 2.97. The van der Waals surface area contributed by atoms with Crippen LogP contribution in [0.5, 0.6) is 0 Å². The highest BCUT2D eigenvalue weighted by molar-refractivity contribution is 6.05. The van der Waals surface area contributed by atoms with Gasteiger partial charge in [0, 0.05) is 0 Å². The fraction of sp³-hybridized carbons (Fsp3) is 0.500. The number of rotatable bonds is 4. The second-order valence-corrected chi connectivity index (χ2v) is 5.67. The summed E-state index contributed by atoms with van der Waals surface area (Å²) in [7, 11) is 0. The van der Waals surface area contributed by atoms with Crippen molar-refractivity contribution in [2.45, 2.75) is 38.6 Å². The number of amides is 1. The molecule has 1 saturated carbocycles. The zero-order chi connectivity index (χ0) is 15.0. The van der Waals surface area contributed by atoms with Crippen LogP contribution in [0.2, 0.25) is 0 Å². The topological polar surface area (TPSA) is 55.4 Å². The van der Waals surface area contributed by atoms with Crippen molar-refractivity contribution in [1.82, 2.24) is 5.32 Å². The molecule has 1 aromatic carbocycles. The molecule has 1 amide bonds. The van der Waals surface area contributed by atoms with Gasteiger partial charge in [0.2, 0.25) is 5.91 Å². The van der Waals surface area contributed by atoms with Gasteiger partial charge in [0.25, 0.3) is 0 Å². The molecule has 1 fully saturated rings. The molecule has 0 radical (unpaired) electrons. The van der Waals surface area contributed by atoms with E-state index in [0.29, 0.717) is 31.2 Å². The molecule has 4 nitrogen and oxygen atoms in total. The molecule has 1 atom stereocenters. The van der Waals surface area contributed by atoms with Gasteiger partial charge in [-0.3, -0.25) is 9.59 Å². The van der Waals surface area contributed by atoms with E-state index in [1.807, 2.05) is 6.07 Å². The van der Waals surface area contributed by atoms with Crippen LogP contribution in [0.1, 0.15) is 43.4 Å². The first kappa shape index (κ1) is 14.0. The van der Waals surface area contributed by atoms with Crippen LogP contribution < -0.4 is 5.32 Å². The molecule has 112 valence electrons. The van der Waals surface area contributed by atoms with Gasteiger partial charge in [-0.15, -0.1) is 0 Å². The lowest BCUT2D eigenvalue weighted by Crippen LogP contribution is -2.39. The zero-order valence-electron chi connectivity index (χ0n) is 11.9. The summed E-state index contributed by atoms with van der Waals surface area (Å²) >= 11 is 0. The number of hydrogen-bond donors (Lipinski definition) is 1. The lowest BCUT2D eigenvalue weighted by atomic mass is 10.0. The minimum atomic E-state index is -1.01. The van der Waals surface area contributed by atoms with Crippen molar-refractivity contribution in [2.75, 3.05) is 6.61 Å². The van der Waals surface area contributed by atoms with E-state index in [1.165, 1.54) is 6.07 Å². The summed E-state index contributed by atoms with van der Waals surface area (Å²) in [4.78, 5) is 24.3. The van der Waals surface area contributed by atoms with Crippen molar-refractivity contribution in [1.29, 1.82) is 0 Å². The van der Waals surface area contributed by atoms with E-state index < -0.39 is 11.4 Å². The Kier molecular flexibility index (Phi) is 3.43. The third-order valence-corrected chi connectivity index (χ3v) is 4.37. The number of nitrogens with one attached hydrogen (secondary N) is 1. The van der Waals surface area contributed by atoms with Crippen LogP contribution in [0.4, 0.5) is 4.39 Å². The van der Waals surface area contributed by atoms with Crippen LogP contribution in [0.15, 0.2) is 18.2 Å². The SMILES string of the molecule is CCOC(=O)C1(C(=O)N[C@@H]2CCc3c(F)cccc32)CC1. The summed E-state index contributed by atoms with van der Waals surface area (Å²) < 4.78 is 18.7. The molecule has 3 rings (SSSR count). The van der Waals surface area contributed by atoms with Crippen molar-refractivity contribution >= 4 is 11.9 Å². The molecule has 0 spiro atoms. The maximum Gasteiger partial charge on any atom is 0.321 e. The second-order valence-electron chi connectivity index (χ2n) is 5.67. The highest BCUT2D eigenvalue weighted by atomic mass is 19.1. The first-order chi connectivity index (χ1) is 10.1. The minimum absolute atomic E-state index is 0.213. The van der Waals surface area contributed by atoms with E-state index in [1.54, 1.807) is 13.0 Å². The number of hydrogen-bond acceptors (Lipinski definition) is 3. The molecule has 0 unspecified atom stereocenters. The molecule has 2 aliphatic rings. The number of benzene rings is 1. The number of carbonyl (C=O) groups is 2. The summed E-state index contributed by atoms with van der Waals surface area (Å²) in [5.74, 6) is -0.959. The Balaban J connectivity index is 1.73. The van der Waals surface area contributed by atoms with Crippen LogP contribution in [-0.4, -0.2) is 18.5 Å². The Morgan fingerprint density at radius 2 is 2.19 bits per heavy atom. The molecule has 0 aromatic heterocycles. The van der Waals surface area contributed by atoms with Gasteiger partial charge in [0.1, 0.15) is 11.2 Å². The van der Waals surface area contributed by atoms with Crippen LogP contribution in [0.25, 0.3) is 0 Å². The summed E-state index contributed by atoms with van der Waals surface area (Å²) in [6.45, 7) is 1.99. The molecular formula is C16H18FNO3. The van der Waals surface area contributed by atoms with E-state index >= 15 is 0 Å². The number of fused-ring (bicyclic) bond motifs is 1. The van der Waals surface area contributed by atoms with E-state index in [0.717, 1.165) is 5.56 Å². The molecule has 5 heteroatoms. The van der Waals surface area contributed by atoms with Gasteiger partial charge in [0.05, 0.1) is 12.6 Å². The van der Waals surface area contributed by atoms with Crippen LogP contribution >= 0.6 is 0 Å². The lowest BCUT2D eigenvalue weighted by molar-refractivity contribution is -0.154. The van der Waals surface area contributed by atoms with Gasteiger partial charge >= 0.3 is 5.97 Å². The third-order valence-electron chi connectivity index (χ3n) is 4.37. The van der Waals surface area contributed by atoms with Gasteiger partial charge in [-0.25, -0.2) is 4.39 Å². The largest absolute Gasteiger partial charge is 0.465 e. The molecule has 0 saturated heterocycles. The predicted molar refractivity (Wildman–Crippen MR) is 73.9 cm³/mol. The molecule has 0 aliphatic heterocycles. The highest BCUT2D eigenvalue weighted by Crippen LogP contribution is 2.48. The molecular weight excluding hydrogens is 273 g/mol. The van der Waals surface area contributed by atoms with Crippen molar-refractivity contribution in [3.8, 4) is 0 Å². The lowest BCUT2D eigenvalue weighted by Gasteiger charge is -2.19. The van der Waals surface area contributed by atoms with Crippen molar-refractivity contribution in [2.24, 2.45) is 5.41 Å². The van der Waals surface area contributed by atoms with E-state index in [2.05, 4.69) is 5.32 Å². The quantitative estimate of drug-likeness (QED) is 0.684. The summed E-state index contributed by atoms with van der Waals surface area (Å²) in [5.41, 5.74) is 0.485. The Morgan fingerprint density at radius 1 is 1.43 bits per heavy atom. The average Bonchev–Trinajstić information content (AvgIpc) is 3.18. The first-order valence-electron chi connectivity index (χ1n) is 7.34. The maximum atomic E-state index is 13.7. The summed E-state index contributed by atoms with van der Waals surface area (Å²) in [6.07, 6.45) is 2.33. The van der Waals surface area contributed by atoms with E-state index in [-0.39, 0.29) is 24.4 Å². The maximum absolute atomic E-state index is 13.7. The third kappa shape index (κ3) is 2.30. The van der Waals surface area contributed by atoms with Crippen LogP contribution in [0.3, 0.4) is 0 Å². The minimum Gasteiger partial charge on any atom is -0.465 e. The Hall–Kier alpha value is -1.91. The Morgan fingerprint density at radius 3 is 2.86 bits per heavy atom. The summed E-state index contributed by atoms with van der Waals surface area (Å²) in [5, 5.41) is 2.90. The van der Waals surface area contributed by atoms with Gasteiger partial charge in [-0.2, -0.15) is 0 Å².